The summed E-state index contributed by atoms with van der Waals surface area (Å²) in [5.41, 5.74) is 0.873. The van der Waals surface area contributed by atoms with Gasteiger partial charge in [-0.2, -0.15) is 0 Å². The van der Waals surface area contributed by atoms with E-state index >= 15 is 0 Å². The van der Waals surface area contributed by atoms with Crippen LogP contribution in [0.15, 0.2) is 34.1 Å². The van der Waals surface area contributed by atoms with Crippen molar-refractivity contribution in [3.05, 3.63) is 34.6 Å². The Morgan fingerprint density at radius 2 is 1.42 bits per heavy atom. The SMILES string of the molecule is CN1CCN(C(=O)C(Sc2nc3ccccc3[nH]c2=O)C(=O)N2CCN(C)CC2)CC1. The summed E-state index contributed by atoms with van der Waals surface area (Å²) in [5, 5.41) is -0.866. The lowest BCUT2D eigenvalue weighted by atomic mass is 10.2. The molecule has 2 aliphatic rings. The van der Waals surface area contributed by atoms with Gasteiger partial charge in [0.15, 0.2) is 10.3 Å². The highest BCUT2D eigenvalue weighted by atomic mass is 32.2. The van der Waals surface area contributed by atoms with Crippen LogP contribution in [0.2, 0.25) is 0 Å². The Balaban J connectivity index is 1.61. The van der Waals surface area contributed by atoms with E-state index in [4.69, 9.17) is 0 Å². The van der Waals surface area contributed by atoms with E-state index in [-0.39, 0.29) is 22.4 Å². The molecule has 1 aromatic heterocycles. The molecule has 0 spiro atoms. The minimum Gasteiger partial charge on any atom is -0.339 e. The number of para-hydroxylation sites is 2. The number of nitrogens with one attached hydrogen (secondary N) is 1. The van der Waals surface area contributed by atoms with Crippen LogP contribution in [0, 0.1) is 0 Å². The maximum atomic E-state index is 13.4. The minimum absolute atomic E-state index is 0.147. The normalized spacial score (nSPS) is 18.7. The van der Waals surface area contributed by atoms with Gasteiger partial charge in [-0.05, 0) is 26.2 Å². The second kappa shape index (κ2) is 9.37. The first-order valence-corrected chi connectivity index (χ1v) is 11.4. The Kier molecular flexibility index (Phi) is 6.59. The summed E-state index contributed by atoms with van der Waals surface area (Å²) in [6, 6.07) is 7.24. The molecule has 3 heterocycles. The van der Waals surface area contributed by atoms with Crippen LogP contribution in [0.5, 0.6) is 0 Å². The van der Waals surface area contributed by atoms with E-state index in [1.807, 2.05) is 26.2 Å². The predicted octanol–water partition coefficient (Wildman–Crippen LogP) is -0.0682. The molecule has 31 heavy (non-hydrogen) atoms. The van der Waals surface area contributed by atoms with Gasteiger partial charge < -0.3 is 24.6 Å². The molecule has 0 atom stereocenters. The van der Waals surface area contributed by atoms with Gasteiger partial charge in [0.05, 0.1) is 11.0 Å². The number of hydrogen-bond donors (Lipinski definition) is 1. The van der Waals surface area contributed by atoms with Crippen molar-refractivity contribution in [1.82, 2.24) is 29.6 Å². The van der Waals surface area contributed by atoms with Gasteiger partial charge in [-0.15, -0.1) is 0 Å². The maximum absolute atomic E-state index is 13.4. The molecule has 10 heteroatoms. The van der Waals surface area contributed by atoms with E-state index in [0.717, 1.165) is 37.9 Å². The molecule has 0 bridgehead atoms. The summed E-state index contributed by atoms with van der Waals surface area (Å²) in [6.45, 7) is 5.35. The maximum Gasteiger partial charge on any atom is 0.280 e. The van der Waals surface area contributed by atoms with Crippen LogP contribution < -0.4 is 5.56 Å². The molecule has 1 aromatic carbocycles. The van der Waals surface area contributed by atoms with Gasteiger partial charge in [0.25, 0.3) is 5.56 Å². The Morgan fingerprint density at radius 1 is 0.903 bits per heavy atom. The molecule has 2 amide bonds. The number of carbonyl (C=O) groups is 2. The van der Waals surface area contributed by atoms with Gasteiger partial charge in [0.1, 0.15) is 0 Å². The van der Waals surface area contributed by atoms with Crippen molar-refractivity contribution in [2.45, 2.75) is 10.3 Å². The lowest BCUT2D eigenvalue weighted by Crippen LogP contribution is -2.55. The van der Waals surface area contributed by atoms with Crippen molar-refractivity contribution in [3.8, 4) is 0 Å². The van der Waals surface area contributed by atoms with Crippen LogP contribution in [0.3, 0.4) is 0 Å². The summed E-state index contributed by atoms with van der Waals surface area (Å²) < 4.78 is 0. The van der Waals surface area contributed by atoms with E-state index in [2.05, 4.69) is 19.8 Å². The summed E-state index contributed by atoms with van der Waals surface area (Å²) in [6.07, 6.45) is 0. The second-order valence-electron chi connectivity index (χ2n) is 8.14. The van der Waals surface area contributed by atoms with Crippen LogP contribution in [0.25, 0.3) is 11.0 Å². The van der Waals surface area contributed by atoms with Crippen LogP contribution in [0.1, 0.15) is 0 Å². The van der Waals surface area contributed by atoms with Gasteiger partial charge in [0.2, 0.25) is 11.8 Å². The first-order chi connectivity index (χ1) is 14.9. The number of H-pyrrole nitrogens is 1. The summed E-state index contributed by atoms with van der Waals surface area (Å²) in [7, 11) is 4.03. The average Bonchev–Trinajstić information content (AvgIpc) is 2.78. The molecule has 166 valence electrons. The van der Waals surface area contributed by atoms with Crippen molar-refractivity contribution < 1.29 is 9.59 Å². The van der Waals surface area contributed by atoms with Gasteiger partial charge in [-0.25, -0.2) is 4.98 Å². The highest BCUT2D eigenvalue weighted by molar-refractivity contribution is 8.01. The molecule has 2 fully saturated rings. The number of nitrogens with zero attached hydrogens (tertiary/aromatic N) is 5. The number of aromatic amines is 1. The van der Waals surface area contributed by atoms with Crippen molar-refractivity contribution >= 4 is 34.6 Å². The van der Waals surface area contributed by atoms with Crippen molar-refractivity contribution in [1.29, 1.82) is 0 Å². The van der Waals surface area contributed by atoms with Gasteiger partial charge in [0, 0.05) is 52.4 Å². The zero-order valence-corrected chi connectivity index (χ0v) is 18.7. The molecular weight excluding hydrogens is 416 g/mol. The molecular formula is C21H28N6O3S. The average molecular weight is 445 g/mol. The number of rotatable bonds is 4. The number of hydrogen-bond acceptors (Lipinski definition) is 7. The zero-order chi connectivity index (χ0) is 22.0. The van der Waals surface area contributed by atoms with Gasteiger partial charge in [-0.1, -0.05) is 23.9 Å². The van der Waals surface area contributed by atoms with Crippen LogP contribution >= 0.6 is 11.8 Å². The zero-order valence-electron chi connectivity index (χ0n) is 17.9. The molecule has 2 aromatic rings. The van der Waals surface area contributed by atoms with Gasteiger partial charge in [-0.3, -0.25) is 14.4 Å². The van der Waals surface area contributed by atoms with E-state index in [1.54, 1.807) is 21.9 Å². The molecule has 0 radical (unpaired) electrons. The number of fused-ring (bicyclic) bond motifs is 1. The lowest BCUT2D eigenvalue weighted by molar-refractivity contribution is -0.141. The largest absolute Gasteiger partial charge is 0.339 e. The predicted molar refractivity (Wildman–Crippen MR) is 120 cm³/mol. The molecule has 9 nitrogen and oxygen atoms in total. The van der Waals surface area contributed by atoms with E-state index in [0.29, 0.717) is 37.2 Å². The number of thioether (sulfide) groups is 1. The number of benzene rings is 1. The summed E-state index contributed by atoms with van der Waals surface area (Å²) >= 11 is 0.971. The minimum atomic E-state index is -1.01. The van der Waals surface area contributed by atoms with E-state index < -0.39 is 5.25 Å². The highest BCUT2D eigenvalue weighted by Crippen LogP contribution is 2.25. The lowest BCUT2D eigenvalue weighted by Gasteiger charge is -2.37. The Bertz CT molecular complexity index is 978. The fourth-order valence-electron chi connectivity index (χ4n) is 3.80. The first kappa shape index (κ1) is 21.8. The molecule has 0 aliphatic carbocycles. The van der Waals surface area contributed by atoms with Crippen LogP contribution in [-0.4, -0.2) is 113 Å². The quantitative estimate of drug-likeness (QED) is 0.521. The first-order valence-electron chi connectivity index (χ1n) is 10.5. The third-order valence-corrected chi connectivity index (χ3v) is 7.02. The smallest absolute Gasteiger partial charge is 0.280 e. The van der Waals surface area contributed by atoms with E-state index in [1.165, 1.54) is 0 Å². The molecule has 4 rings (SSSR count). The molecule has 0 unspecified atom stereocenters. The van der Waals surface area contributed by atoms with Crippen LogP contribution in [0.4, 0.5) is 0 Å². The van der Waals surface area contributed by atoms with Crippen molar-refractivity contribution in [2.75, 3.05) is 66.5 Å². The van der Waals surface area contributed by atoms with Crippen LogP contribution in [-0.2, 0) is 9.59 Å². The molecule has 2 aliphatic heterocycles. The fourth-order valence-corrected chi connectivity index (χ4v) is 4.83. The standard InChI is InChI=1S/C21H28N6O3S/c1-24-7-11-26(12-8-24)20(29)17(21(30)27-13-9-25(2)10-14-27)31-19-18(28)22-15-5-3-4-6-16(15)23-19/h3-6,17H,7-14H2,1-2H3,(H,22,28). The van der Waals surface area contributed by atoms with Crippen molar-refractivity contribution in [2.24, 2.45) is 0 Å². The second-order valence-corrected chi connectivity index (χ2v) is 9.24. The highest BCUT2D eigenvalue weighted by Gasteiger charge is 2.37. The number of piperazine rings is 2. The summed E-state index contributed by atoms with van der Waals surface area (Å²) in [5.74, 6) is -0.479. The monoisotopic (exact) mass is 444 g/mol. The Morgan fingerprint density at radius 3 is 1.97 bits per heavy atom. The molecule has 2 saturated heterocycles. The van der Waals surface area contributed by atoms with E-state index in [9.17, 15) is 14.4 Å². The van der Waals surface area contributed by atoms with Crippen molar-refractivity contribution in [3.63, 3.8) is 0 Å². The van der Waals surface area contributed by atoms with Gasteiger partial charge >= 0.3 is 0 Å². The summed E-state index contributed by atoms with van der Waals surface area (Å²) in [4.78, 5) is 54.5. The Hall–Kier alpha value is -2.43. The topological polar surface area (TPSA) is 92.8 Å². The fraction of sp³-hybridized carbons (Fsp3) is 0.524. The third-order valence-electron chi connectivity index (χ3n) is 5.88. The molecule has 0 saturated carbocycles. The molecule has 1 N–H and O–H groups in total. The number of aromatic nitrogens is 2. The number of amides is 2. The number of carbonyl (C=O) groups excluding carboxylic acids is 2. The Labute approximate surface area is 185 Å². The third kappa shape index (κ3) is 4.91. The number of likely N-dealkylation sites (N-methyl/N-ethyl adjacent to an activating group) is 2.